The number of amides is 2. The van der Waals surface area contributed by atoms with Crippen molar-refractivity contribution in [3.8, 4) is 5.75 Å². The van der Waals surface area contributed by atoms with E-state index in [4.69, 9.17) is 4.74 Å². The average molecular weight is 395 g/mol. The lowest BCUT2D eigenvalue weighted by Crippen LogP contribution is -2.35. The molecule has 5 heteroatoms. The van der Waals surface area contributed by atoms with E-state index in [0.717, 1.165) is 17.7 Å². The van der Waals surface area contributed by atoms with Crippen molar-refractivity contribution in [1.82, 2.24) is 10.2 Å². The first-order valence-corrected chi connectivity index (χ1v) is 10.3. The zero-order valence-electron chi connectivity index (χ0n) is 17.4. The molecule has 1 N–H and O–H groups in total. The van der Waals surface area contributed by atoms with Crippen LogP contribution in [0.5, 0.6) is 5.75 Å². The van der Waals surface area contributed by atoms with Crippen LogP contribution in [0.3, 0.4) is 0 Å². The van der Waals surface area contributed by atoms with Crippen LogP contribution in [0.1, 0.15) is 44.4 Å². The minimum atomic E-state index is -0.288. The molecule has 0 spiro atoms. The van der Waals surface area contributed by atoms with Gasteiger partial charge in [-0.1, -0.05) is 42.5 Å². The predicted molar refractivity (Wildman–Crippen MR) is 114 cm³/mol. The van der Waals surface area contributed by atoms with Crippen LogP contribution in [-0.2, 0) is 16.0 Å². The van der Waals surface area contributed by atoms with Crippen molar-refractivity contribution in [1.29, 1.82) is 0 Å². The molecule has 0 saturated carbocycles. The number of nitrogens with zero attached hydrogens (tertiary/aromatic N) is 1. The molecule has 1 fully saturated rings. The van der Waals surface area contributed by atoms with E-state index in [2.05, 4.69) is 17.4 Å². The lowest BCUT2D eigenvalue weighted by molar-refractivity contribution is -0.129. The highest BCUT2D eigenvalue weighted by Crippen LogP contribution is 2.22. The molecule has 1 aliphatic rings. The van der Waals surface area contributed by atoms with Crippen LogP contribution in [0.25, 0.3) is 0 Å². The van der Waals surface area contributed by atoms with E-state index in [-0.39, 0.29) is 36.3 Å². The Morgan fingerprint density at radius 3 is 2.45 bits per heavy atom. The molecule has 0 aromatic heterocycles. The van der Waals surface area contributed by atoms with Gasteiger partial charge in [0, 0.05) is 19.5 Å². The smallest absolute Gasteiger partial charge is 0.225 e. The summed E-state index contributed by atoms with van der Waals surface area (Å²) >= 11 is 0. The Morgan fingerprint density at radius 2 is 1.79 bits per heavy atom. The maximum atomic E-state index is 12.7. The zero-order chi connectivity index (χ0) is 20.8. The van der Waals surface area contributed by atoms with Crippen molar-refractivity contribution >= 4 is 11.8 Å². The summed E-state index contributed by atoms with van der Waals surface area (Å²) < 4.78 is 5.66. The van der Waals surface area contributed by atoms with Gasteiger partial charge in [0.1, 0.15) is 5.75 Å². The maximum Gasteiger partial charge on any atom is 0.225 e. The molecule has 1 aliphatic heterocycles. The van der Waals surface area contributed by atoms with Crippen LogP contribution in [-0.4, -0.2) is 35.9 Å². The van der Waals surface area contributed by atoms with Crippen LogP contribution in [0.4, 0.5) is 0 Å². The summed E-state index contributed by atoms with van der Waals surface area (Å²) in [5, 5.41) is 3.05. The number of hydrogen-bond acceptors (Lipinski definition) is 3. The molecule has 2 atom stereocenters. The Morgan fingerprint density at radius 1 is 1.10 bits per heavy atom. The molecule has 1 saturated heterocycles. The van der Waals surface area contributed by atoms with Gasteiger partial charge < -0.3 is 15.0 Å². The van der Waals surface area contributed by atoms with E-state index >= 15 is 0 Å². The molecular weight excluding hydrogens is 364 g/mol. The topological polar surface area (TPSA) is 58.6 Å². The van der Waals surface area contributed by atoms with Gasteiger partial charge in [-0.15, -0.1) is 0 Å². The highest BCUT2D eigenvalue weighted by atomic mass is 16.5. The Balaban J connectivity index is 1.50. The third-order valence-corrected chi connectivity index (χ3v) is 5.21. The second-order valence-corrected chi connectivity index (χ2v) is 7.94. The summed E-state index contributed by atoms with van der Waals surface area (Å²) in [5.41, 5.74) is 2.21. The molecule has 0 radical (unpaired) electrons. The van der Waals surface area contributed by atoms with Gasteiger partial charge in [0.2, 0.25) is 11.8 Å². The van der Waals surface area contributed by atoms with Gasteiger partial charge in [0.15, 0.2) is 0 Å². The first-order chi connectivity index (χ1) is 13.9. The first kappa shape index (κ1) is 20.9. The number of ether oxygens (including phenoxy) is 1. The molecule has 2 aromatic rings. The normalized spacial score (nSPS) is 17.4. The van der Waals surface area contributed by atoms with E-state index in [1.165, 1.54) is 5.56 Å². The summed E-state index contributed by atoms with van der Waals surface area (Å²) in [6.45, 7) is 7.08. The Kier molecular flexibility index (Phi) is 6.91. The van der Waals surface area contributed by atoms with Crippen LogP contribution in [0.15, 0.2) is 54.6 Å². The van der Waals surface area contributed by atoms with Gasteiger partial charge in [-0.3, -0.25) is 9.59 Å². The second kappa shape index (κ2) is 9.59. The van der Waals surface area contributed by atoms with Crippen molar-refractivity contribution in [3.05, 3.63) is 65.7 Å². The summed E-state index contributed by atoms with van der Waals surface area (Å²) in [6.07, 6.45) is 1.22. The van der Waals surface area contributed by atoms with Crippen molar-refractivity contribution in [2.45, 2.75) is 45.8 Å². The fourth-order valence-corrected chi connectivity index (χ4v) is 3.59. The Labute approximate surface area is 173 Å². The SMILES string of the molecule is CC(C)Oc1ccc(C(C)NC(=O)C2CC(=O)N(CCc3ccccc3)C2)cc1. The first-order valence-electron chi connectivity index (χ1n) is 10.3. The molecule has 1 heterocycles. The lowest BCUT2D eigenvalue weighted by atomic mass is 10.0. The number of benzene rings is 2. The van der Waals surface area contributed by atoms with Crippen LogP contribution in [0, 0.1) is 5.92 Å². The molecular formula is C24H30N2O3. The van der Waals surface area contributed by atoms with Gasteiger partial charge in [-0.25, -0.2) is 0 Å². The lowest BCUT2D eigenvalue weighted by Gasteiger charge is -2.19. The molecule has 0 bridgehead atoms. The molecule has 154 valence electrons. The van der Waals surface area contributed by atoms with Gasteiger partial charge >= 0.3 is 0 Å². The van der Waals surface area contributed by atoms with Crippen LogP contribution in [0.2, 0.25) is 0 Å². The van der Waals surface area contributed by atoms with E-state index in [9.17, 15) is 9.59 Å². The number of hydrogen-bond donors (Lipinski definition) is 1. The fraction of sp³-hybridized carbons (Fsp3) is 0.417. The predicted octanol–water partition coefficient (Wildman–Crippen LogP) is 3.74. The molecule has 2 aromatic carbocycles. The Hall–Kier alpha value is -2.82. The quantitative estimate of drug-likeness (QED) is 0.742. The van der Waals surface area contributed by atoms with E-state index in [0.29, 0.717) is 13.1 Å². The van der Waals surface area contributed by atoms with E-state index < -0.39 is 0 Å². The summed E-state index contributed by atoms with van der Waals surface area (Å²) in [7, 11) is 0. The minimum absolute atomic E-state index is 0.0592. The van der Waals surface area contributed by atoms with Crippen molar-refractivity contribution < 1.29 is 14.3 Å². The maximum absolute atomic E-state index is 12.7. The molecule has 3 rings (SSSR count). The molecule has 5 nitrogen and oxygen atoms in total. The van der Waals surface area contributed by atoms with Gasteiger partial charge in [-0.05, 0) is 50.5 Å². The third kappa shape index (κ3) is 5.83. The molecule has 2 unspecified atom stereocenters. The van der Waals surface area contributed by atoms with Crippen molar-refractivity contribution in [3.63, 3.8) is 0 Å². The minimum Gasteiger partial charge on any atom is -0.491 e. The standard InChI is InChI=1S/C24H30N2O3/c1-17(2)29-22-11-9-20(10-12-22)18(3)25-24(28)21-15-23(27)26(16-21)14-13-19-7-5-4-6-8-19/h4-12,17-18,21H,13-16H2,1-3H3,(H,25,28). The van der Waals surface area contributed by atoms with Crippen LogP contribution < -0.4 is 10.1 Å². The second-order valence-electron chi connectivity index (χ2n) is 7.94. The van der Waals surface area contributed by atoms with Crippen LogP contribution >= 0.6 is 0 Å². The van der Waals surface area contributed by atoms with Gasteiger partial charge in [0.05, 0.1) is 18.1 Å². The highest BCUT2D eigenvalue weighted by Gasteiger charge is 2.34. The fourth-order valence-electron chi connectivity index (χ4n) is 3.59. The van der Waals surface area contributed by atoms with Gasteiger partial charge in [0.25, 0.3) is 0 Å². The number of carbonyl (C=O) groups is 2. The largest absolute Gasteiger partial charge is 0.491 e. The van der Waals surface area contributed by atoms with Crippen molar-refractivity contribution in [2.24, 2.45) is 5.92 Å². The number of nitrogens with one attached hydrogen (secondary N) is 1. The molecule has 2 amide bonds. The van der Waals surface area contributed by atoms with E-state index in [1.807, 2.05) is 63.2 Å². The summed E-state index contributed by atoms with van der Waals surface area (Å²) in [6, 6.07) is 17.8. The highest BCUT2D eigenvalue weighted by molar-refractivity contribution is 5.89. The average Bonchev–Trinajstić information content (AvgIpc) is 3.08. The molecule has 29 heavy (non-hydrogen) atoms. The number of carbonyl (C=O) groups excluding carboxylic acids is 2. The van der Waals surface area contributed by atoms with Gasteiger partial charge in [-0.2, -0.15) is 0 Å². The summed E-state index contributed by atoms with van der Waals surface area (Å²) in [4.78, 5) is 26.8. The third-order valence-electron chi connectivity index (χ3n) is 5.21. The molecule has 0 aliphatic carbocycles. The number of rotatable bonds is 8. The van der Waals surface area contributed by atoms with Crippen molar-refractivity contribution in [2.75, 3.05) is 13.1 Å². The summed E-state index contributed by atoms with van der Waals surface area (Å²) in [5.74, 6) is 0.529. The number of likely N-dealkylation sites (tertiary alicyclic amines) is 1. The monoisotopic (exact) mass is 394 g/mol. The zero-order valence-corrected chi connectivity index (χ0v) is 17.4. The Bertz CT molecular complexity index is 818. The van der Waals surface area contributed by atoms with E-state index in [1.54, 1.807) is 4.90 Å².